The lowest BCUT2D eigenvalue weighted by Crippen LogP contribution is -2.56. The van der Waals surface area contributed by atoms with E-state index in [1.165, 1.54) is 0 Å². The SMILES string of the molecule is C=CC(CCCCC)C1=C(C(=O)C2C(C)C=CC3(O)CC(C(=O)NCCOC)CC(C)C23)C(=O)N(CC)C1=O. The highest BCUT2D eigenvalue weighted by Crippen LogP contribution is 2.51. The summed E-state index contributed by atoms with van der Waals surface area (Å²) >= 11 is 0. The second kappa shape index (κ2) is 13.2. The van der Waals surface area contributed by atoms with Crippen LogP contribution in [0.3, 0.4) is 0 Å². The molecule has 8 heteroatoms. The number of fused-ring (bicyclic) bond motifs is 1. The third-order valence-corrected chi connectivity index (χ3v) is 8.88. The molecular weight excluding hydrogens is 496 g/mol. The van der Waals surface area contributed by atoms with E-state index in [9.17, 15) is 24.3 Å². The Hall–Kier alpha value is -2.58. The normalized spacial score (nSPS) is 31.3. The molecule has 216 valence electrons. The average molecular weight is 543 g/mol. The van der Waals surface area contributed by atoms with Gasteiger partial charge in [-0.1, -0.05) is 58.3 Å². The van der Waals surface area contributed by atoms with Gasteiger partial charge in [-0.05, 0) is 38.0 Å². The number of carbonyl (C=O) groups excluding carboxylic acids is 4. The zero-order valence-electron chi connectivity index (χ0n) is 24.2. The van der Waals surface area contributed by atoms with Gasteiger partial charge in [0.15, 0.2) is 5.78 Å². The van der Waals surface area contributed by atoms with E-state index < -0.39 is 35.2 Å². The van der Waals surface area contributed by atoms with E-state index in [0.717, 1.165) is 24.2 Å². The fourth-order valence-electron chi connectivity index (χ4n) is 6.96. The van der Waals surface area contributed by atoms with Gasteiger partial charge >= 0.3 is 0 Å². The van der Waals surface area contributed by atoms with Crippen LogP contribution in [0, 0.1) is 35.5 Å². The maximum absolute atomic E-state index is 14.4. The molecule has 39 heavy (non-hydrogen) atoms. The van der Waals surface area contributed by atoms with Crippen LogP contribution in [0.2, 0.25) is 0 Å². The van der Waals surface area contributed by atoms with Crippen molar-refractivity contribution in [2.45, 2.75) is 71.8 Å². The van der Waals surface area contributed by atoms with E-state index in [2.05, 4.69) is 18.8 Å². The number of nitrogens with one attached hydrogen (secondary N) is 1. The van der Waals surface area contributed by atoms with E-state index in [4.69, 9.17) is 4.74 Å². The summed E-state index contributed by atoms with van der Waals surface area (Å²) in [6.45, 7) is 12.6. The van der Waals surface area contributed by atoms with Gasteiger partial charge in [0, 0.05) is 49.4 Å². The number of imide groups is 1. The second-order valence-electron chi connectivity index (χ2n) is 11.5. The number of carbonyl (C=O) groups is 4. The summed E-state index contributed by atoms with van der Waals surface area (Å²) in [6, 6.07) is 0. The van der Waals surface area contributed by atoms with Gasteiger partial charge in [0.2, 0.25) is 5.91 Å². The summed E-state index contributed by atoms with van der Waals surface area (Å²) in [5.41, 5.74) is -1.16. The number of hydrogen-bond donors (Lipinski definition) is 2. The van der Waals surface area contributed by atoms with Crippen molar-refractivity contribution in [1.29, 1.82) is 0 Å². The predicted molar refractivity (Wildman–Crippen MR) is 149 cm³/mol. The Balaban J connectivity index is 1.98. The van der Waals surface area contributed by atoms with Gasteiger partial charge in [0.1, 0.15) is 0 Å². The van der Waals surface area contributed by atoms with Gasteiger partial charge in [0.05, 0.1) is 17.8 Å². The van der Waals surface area contributed by atoms with Crippen molar-refractivity contribution in [3.63, 3.8) is 0 Å². The number of methoxy groups -OCH3 is 1. The molecule has 0 aromatic heterocycles. The number of likely N-dealkylation sites (N-methyl/N-ethyl adjacent to an activating group) is 1. The zero-order chi connectivity index (χ0) is 28.9. The van der Waals surface area contributed by atoms with Crippen LogP contribution in [-0.4, -0.2) is 65.9 Å². The van der Waals surface area contributed by atoms with Gasteiger partial charge in [-0.25, -0.2) is 0 Å². The molecule has 7 unspecified atom stereocenters. The third kappa shape index (κ3) is 6.12. The maximum Gasteiger partial charge on any atom is 0.264 e. The van der Waals surface area contributed by atoms with Crippen molar-refractivity contribution in [2.24, 2.45) is 35.5 Å². The molecule has 0 saturated heterocycles. The number of amides is 3. The molecule has 8 nitrogen and oxygen atoms in total. The summed E-state index contributed by atoms with van der Waals surface area (Å²) in [7, 11) is 1.57. The number of ketones is 1. The first-order chi connectivity index (χ1) is 18.6. The van der Waals surface area contributed by atoms with Crippen molar-refractivity contribution < 1.29 is 29.0 Å². The smallest absolute Gasteiger partial charge is 0.264 e. The standard InChI is InChI=1S/C31H46N2O6/c1-7-10-11-12-21(8-2)24-25(30(37)33(9-3)29(24)36)27(34)23-19(4)13-14-31(38)18-22(17-20(5)26(23)31)28(35)32-15-16-39-6/h8,13-14,19-23,26,38H,2,7,9-12,15-18H2,1,3-6H3,(H,32,35). The van der Waals surface area contributed by atoms with Crippen molar-refractivity contribution in [2.75, 3.05) is 26.8 Å². The van der Waals surface area contributed by atoms with E-state index in [1.54, 1.807) is 26.2 Å². The van der Waals surface area contributed by atoms with Crippen LogP contribution in [0.15, 0.2) is 36.0 Å². The molecule has 1 heterocycles. The largest absolute Gasteiger partial charge is 0.385 e. The predicted octanol–water partition coefficient (Wildman–Crippen LogP) is 3.60. The molecule has 1 aliphatic heterocycles. The van der Waals surface area contributed by atoms with Crippen molar-refractivity contribution in [1.82, 2.24) is 10.2 Å². The van der Waals surface area contributed by atoms with Gasteiger partial charge in [0.25, 0.3) is 11.8 Å². The van der Waals surface area contributed by atoms with Crippen LogP contribution in [0.4, 0.5) is 0 Å². The molecule has 2 N–H and O–H groups in total. The molecule has 3 rings (SSSR count). The Bertz CT molecular complexity index is 1030. The number of aliphatic hydroxyl groups is 1. The van der Waals surface area contributed by atoms with Gasteiger partial charge in [-0.15, -0.1) is 6.58 Å². The Morgan fingerprint density at radius 3 is 2.59 bits per heavy atom. The van der Waals surface area contributed by atoms with Crippen molar-refractivity contribution >= 4 is 23.5 Å². The van der Waals surface area contributed by atoms with Gasteiger partial charge < -0.3 is 15.2 Å². The fraction of sp³-hybridized carbons (Fsp3) is 0.677. The van der Waals surface area contributed by atoms with Crippen LogP contribution in [0.5, 0.6) is 0 Å². The number of rotatable bonds is 13. The quantitative estimate of drug-likeness (QED) is 0.159. The monoisotopic (exact) mass is 542 g/mol. The topological polar surface area (TPSA) is 113 Å². The highest BCUT2D eigenvalue weighted by atomic mass is 16.5. The van der Waals surface area contributed by atoms with Gasteiger partial charge in [-0.2, -0.15) is 0 Å². The minimum absolute atomic E-state index is 0.0376. The lowest BCUT2D eigenvalue weighted by atomic mass is 9.55. The first-order valence-electron chi connectivity index (χ1n) is 14.5. The first kappa shape index (κ1) is 31.0. The van der Waals surface area contributed by atoms with E-state index >= 15 is 0 Å². The van der Waals surface area contributed by atoms with E-state index in [-0.39, 0.29) is 53.6 Å². The highest BCUT2D eigenvalue weighted by Gasteiger charge is 2.56. The third-order valence-electron chi connectivity index (χ3n) is 8.88. The Kier molecular flexibility index (Phi) is 10.5. The molecule has 0 aromatic carbocycles. The van der Waals surface area contributed by atoms with Crippen molar-refractivity contribution in [3.05, 3.63) is 36.0 Å². The molecule has 0 spiro atoms. The molecule has 1 fully saturated rings. The molecule has 0 radical (unpaired) electrons. The summed E-state index contributed by atoms with van der Waals surface area (Å²) in [6.07, 6.45) is 9.45. The lowest BCUT2D eigenvalue weighted by molar-refractivity contribution is -0.144. The van der Waals surface area contributed by atoms with E-state index in [0.29, 0.717) is 26.0 Å². The molecule has 3 amide bonds. The number of ether oxygens (including phenoxy) is 1. The molecule has 0 bridgehead atoms. The fourth-order valence-corrected chi connectivity index (χ4v) is 6.96. The molecule has 1 saturated carbocycles. The Morgan fingerprint density at radius 1 is 1.26 bits per heavy atom. The summed E-state index contributed by atoms with van der Waals surface area (Å²) in [5.74, 6) is -3.85. The number of nitrogens with zero attached hydrogens (tertiary/aromatic N) is 1. The summed E-state index contributed by atoms with van der Waals surface area (Å²) in [4.78, 5) is 55.4. The summed E-state index contributed by atoms with van der Waals surface area (Å²) < 4.78 is 5.02. The minimum atomic E-state index is -1.37. The second-order valence-corrected chi connectivity index (χ2v) is 11.5. The maximum atomic E-state index is 14.4. The summed E-state index contributed by atoms with van der Waals surface area (Å²) in [5, 5.41) is 14.7. The van der Waals surface area contributed by atoms with Crippen LogP contribution >= 0.6 is 0 Å². The van der Waals surface area contributed by atoms with Crippen molar-refractivity contribution in [3.8, 4) is 0 Å². The molecule has 3 aliphatic rings. The Morgan fingerprint density at radius 2 is 1.97 bits per heavy atom. The van der Waals surface area contributed by atoms with Gasteiger partial charge in [-0.3, -0.25) is 24.1 Å². The zero-order valence-corrected chi connectivity index (χ0v) is 24.2. The van der Waals surface area contributed by atoms with Crippen LogP contribution in [-0.2, 0) is 23.9 Å². The number of hydrogen-bond acceptors (Lipinski definition) is 6. The molecule has 2 aliphatic carbocycles. The number of Topliss-reactive ketones (excluding diaryl/α,β-unsaturated/α-hetero) is 1. The minimum Gasteiger partial charge on any atom is -0.385 e. The average Bonchev–Trinajstić information content (AvgIpc) is 3.15. The van der Waals surface area contributed by atoms with Crippen LogP contribution < -0.4 is 5.32 Å². The lowest BCUT2D eigenvalue weighted by Gasteiger charge is -2.51. The molecular formula is C31H46N2O6. The first-order valence-corrected chi connectivity index (χ1v) is 14.5. The van der Waals surface area contributed by atoms with E-state index in [1.807, 2.05) is 19.9 Å². The number of unbranched alkanes of at least 4 members (excludes halogenated alkanes) is 2. The highest BCUT2D eigenvalue weighted by molar-refractivity contribution is 6.32. The Labute approximate surface area is 232 Å². The number of allylic oxidation sites excluding steroid dienone is 2. The van der Waals surface area contributed by atoms with Crippen LogP contribution in [0.25, 0.3) is 0 Å². The molecule has 0 aromatic rings. The molecule has 7 atom stereocenters. The van der Waals surface area contributed by atoms with Crippen LogP contribution in [0.1, 0.15) is 66.2 Å².